The second kappa shape index (κ2) is 5.63. The van der Waals surface area contributed by atoms with Gasteiger partial charge in [0.05, 0.1) is 13.3 Å². The van der Waals surface area contributed by atoms with E-state index in [4.69, 9.17) is 4.74 Å². The third-order valence-corrected chi connectivity index (χ3v) is 5.23. The third kappa shape index (κ3) is 2.56. The number of phenols is 1. The lowest BCUT2D eigenvalue weighted by molar-refractivity contribution is -0.123. The normalized spacial score (nSPS) is 29.9. The van der Waals surface area contributed by atoms with E-state index in [2.05, 4.69) is 17.5 Å². The molecule has 5 nitrogen and oxygen atoms in total. The van der Waals surface area contributed by atoms with Crippen molar-refractivity contribution in [1.29, 1.82) is 0 Å². The Balaban J connectivity index is 1.62. The highest BCUT2D eigenvalue weighted by Gasteiger charge is 2.64. The van der Waals surface area contributed by atoms with Gasteiger partial charge in [0.2, 0.25) is 5.91 Å². The second-order valence-electron chi connectivity index (χ2n) is 6.49. The van der Waals surface area contributed by atoms with Crippen LogP contribution in [0.1, 0.15) is 38.2 Å². The predicted molar refractivity (Wildman–Crippen MR) is 84.0 cm³/mol. The number of hydrogen-bond acceptors (Lipinski definition) is 4. The van der Waals surface area contributed by atoms with Crippen LogP contribution in [0.25, 0.3) is 0 Å². The molecule has 1 aromatic carbocycles. The highest BCUT2D eigenvalue weighted by Crippen LogP contribution is 2.66. The summed E-state index contributed by atoms with van der Waals surface area (Å²) >= 11 is 0. The number of rotatable bonds is 4. The first-order valence-electron chi connectivity index (χ1n) is 7.76. The fourth-order valence-electron chi connectivity index (χ4n) is 3.85. The quantitative estimate of drug-likeness (QED) is 0.663. The standard InChI is InChI=1S/C17H22N2O3/c1-17-8-4-3-5-13(17)15(17)16(21)19-18-10-11-9-12(22-2)6-7-14(11)20/h6-7,9-10,13,15,20H,3-5,8H2,1-2H3,(H,19,21)/b18-10-/t13-,15-,17+/m0/s1. The molecule has 2 N–H and O–H groups in total. The molecule has 3 rings (SSSR count). The average molecular weight is 302 g/mol. The second-order valence-corrected chi connectivity index (χ2v) is 6.49. The molecule has 0 aliphatic heterocycles. The van der Waals surface area contributed by atoms with Gasteiger partial charge >= 0.3 is 0 Å². The number of nitrogens with one attached hydrogen (secondary N) is 1. The summed E-state index contributed by atoms with van der Waals surface area (Å²) < 4.78 is 5.10. The monoisotopic (exact) mass is 302 g/mol. The molecule has 2 saturated carbocycles. The minimum Gasteiger partial charge on any atom is -0.507 e. The average Bonchev–Trinajstić information content (AvgIpc) is 3.14. The van der Waals surface area contributed by atoms with E-state index in [0.29, 0.717) is 17.2 Å². The molecule has 5 heteroatoms. The summed E-state index contributed by atoms with van der Waals surface area (Å²) in [6, 6.07) is 4.88. The van der Waals surface area contributed by atoms with Gasteiger partial charge in [-0.2, -0.15) is 5.10 Å². The molecule has 1 aromatic rings. The van der Waals surface area contributed by atoms with Crippen LogP contribution in [-0.2, 0) is 4.79 Å². The van der Waals surface area contributed by atoms with E-state index in [9.17, 15) is 9.90 Å². The largest absolute Gasteiger partial charge is 0.507 e. The van der Waals surface area contributed by atoms with Crippen molar-refractivity contribution < 1.29 is 14.6 Å². The molecule has 3 atom stereocenters. The van der Waals surface area contributed by atoms with E-state index in [-0.39, 0.29) is 23.0 Å². The molecule has 0 saturated heterocycles. The van der Waals surface area contributed by atoms with Gasteiger partial charge in [-0.15, -0.1) is 0 Å². The topological polar surface area (TPSA) is 70.9 Å². The summed E-state index contributed by atoms with van der Waals surface area (Å²) in [6.07, 6.45) is 6.18. The number of amides is 1. The predicted octanol–water partition coefficient (Wildman–Crippen LogP) is 2.68. The van der Waals surface area contributed by atoms with E-state index in [1.54, 1.807) is 25.3 Å². The van der Waals surface area contributed by atoms with Crippen molar-refractivity contribution in [3.8, 4) is 11.5 Å². The highest BCUT2D eigenvalue weighted by molar-refractivity contribution is 5.87. The van der Waals surface area contributed by atoms with Crippen LogP contribution < -0.4 is 10.2 Å². The molecule has 0 spiro atoms. The van der Waals surface area contributed by atoms with Crippen LogP contribution in [0.2, 0.25) is 0 Å². The van der Waals surface area contributed by atoms with Gasteiger partial charge in [0.1, 0.15) is 11.5 Å². The van der Waals surface area contributed by atoms with E-state index in [1.165, 1.54) is 19.1 Å². The number of hydrogen-bond donors (Lipinski definition) is 2. The summed E-state index contributed by atoms with van der Waals surface area (Å²) in [5.74, 6) is 1.33. The zero-order valence-corrected chi connectivity index (χ0v) is 13.0. The Labute approximate surface area is 130 Å². The molecule has 2 aliphatic carbocycles. The van der Waals surface area contributed by atoms with E-state index in [0.717, 1.165) is 12.8 Å². The molecular weight excluding hydrogens is 280 g/mol. The van der Waals surface area contributed by atoms with Crippen molar-refractivity contribution in [2.24, 2.45) is 22.4 Å². The Kier molecular flexibility index (Phi) is 3.81. The van der Waals surface area contributed by atoms with Gasteiger partial charge in [-0.25, -0.2) is 5.43 Å². The Morgan fingerprint density at radius 1 is 1.50 bits per heavy atom. The molecule has 0 aromatic heterocycles. The minimum atomic E-state index is -0.00645. The Morgan fingerprint density at radius 3 is 3.00 bits per heavy atom. The van der Waals surface area contributed by atoms with Crippen LogP contribution >= 0.6 is 0 Å². The highest BCUT2D eigenvalue weighted by atomic mass is 16.5. The van der Waals surface area contributed by atoms with Gasteiger partial charge < -0.3 is 9.84 Å². The molecule has 118 valence electrons. The summed E-state index contributed by atoms with van der Waals surface area (Å²) in [4.78, 5) is 12.3. The van der Waals surface area contributed by atoms with Crippen molar-refractivity contribution in [1.82, 2.24) is 5.43 Å². The van der Waals surface area contributed by atoms with Crippen LogP contribution in [-0.4, -0.2) is 24.3 Å². The Bertz CT molecular complexity index is 614. The number of fused-ring (bicyclic) bond motifs is 1. The molecule has 2 aliphatic rings. The van der Waals surface area contributed by atoms with Crippen LogP contribution in [0.15, 0.2) is 23.3 Å². The van der Waals surface area contributed by atoms with Gasteiger partial charge in [-0.3, -0.25) is 4.79 Å². The molecule has 22 heavy (non-hydrogen) atoms. The number of carbonyl (C=O) groups excluding carboxylic acids is 1. The lowest BCUT2D eigenvalue weighted by atomic mass is 9.90. The first-order valence-corrected chi connectivity index (χ1v) is 7.76. The van der Waals surface area contributed by atoms with Gasteiger partial charge in [-0.1, -0.05) is 19.8 Å². The summed E-state index contributed by atoms with van der Waals surface area (Å²) in [5, 5.41) is 13.8. The number of phenolic OH excluding ortho intramolecular Hbond substituents is 1. The molecule has 0 unspecified atom stereocenters. The third-order valence-electron chi connectivity index (χ3n) is 5.23. The van der Waals surface area contributed by atoms with E-state index in [1.807, 2.05) is 0 Å². The molecule has 0 heterocycles. The number of ether oxygens (including phenoxy) is 1. The van der Waals surface area contributed by atoms with E-state index < -0.39 is 0 Å². The van der Waals surface area contributed by atoms with Crippen LogP contribution in [0.5, 0.6) is 11.5 Å². The fraction of sp³-hybridized carbons (Fsp3) is 0.529. The van der Waals surface area contributed by atoms with Crippen molar-refractivity contribution >= 4 is 12.1 Å². The number of methoxy groups -OCH3 is 1. The summed E-state index contributed by atoms with van der Waals surface area (Å²) in [6.45, 7) is 2.21. The van der Waals surface area contributed by atoms with Crippen molar-refractivity contribution in [2.45, 2.75) is 32.6 Å². The smallest absolute Gasteiger partial charge is 0.244 e. The van der Waals surface area contributed by atoms with Crippen molar-refractivity contribution in [2.75, 3.05) is 7.11 Å². The molecular formula is C17H22N2O3. The Morgan fingerprint density at radius 2 is 2.32 bits per heavy atom. The SMILES string of the molecule is COc1ccc(O)c(/C=N\NC(=O)[C@@H]2[C@@H]3CCCC[C@@]23C)c1. The summed E-state index contributed by atoms with van der Waals surface area (Å²) in [5.41, 5.74) is 3.31. The first-order chi connectivity index (χ1) is 10.6. The molecule has 2 fully saturated rings. The summed E-state index contributed by atoms with van der Waals surface area (Å²) in [7, 11) is 1.56. The van der Waals surface area contributed by atoms with Crippen LogP contribution in [0, 0.1) is 17.3 Å². The lowest BCUT2D eigenvalue weighted by Gasteiger charge is -2.15. The van der Waals surface area contributed by atoms with E-state index >= 15 is 0 Å². The van der Waals surface area contributed by atoms with Crippen molar-refractivity contribution in [3.05, 3.63) is 23.8 Å². The number of benzene rings is 1. The number of aromatic hydroxyl groups is 1. The Hall–Kier alpha value is -2.04. The van der Waals surface area contributed by atoms with Crippen LogP contribution in [0.4, 0.5) is 0 Å². The number of nitrogens with zero attached hydrogens (tertiary/aromatic N) is 1. The lowest BCUT2D eigenvalue weighted by Crippen LogP contribution is -2.22. The maximum atomic E-state index is 12.3. The first kappa shape index (κ1) is 14.9. The minimum absolute atomic E-state index is 0.00645. The maximum Gasteiger partial charge on any atom is 0.244 e. The van der Waals surface area contributed by atoms with Crippen molar-refractivity contribution in [3.63, 3.8) is 0 Å². The number of carbonyl (C=O) groups is 1. The number of hydrazone groups is 1. The zero-order valence-electron chi connectivity index (χ0n) is 13.0. The molecule has 0 bridgehead atoms. The maximum absolute atomic E-state index is 12.3. The fourth-order valence-corrected chi connectivity index (χ4v) is 3.85. The zero-order chi connectivity index (χ0) is 15.7. The van der Waals surface area contributed by atoms with Gasteiger partial charge in [0.15, 0.2) is 0 Å². The van der Waals surface area contributed by atoms with Gasteiger partial charge in [0.25, 0.3) is 0 Å². The molecule has 1 amide bonds. The van der Waals surface area contributed by atoms with Gasteiger partial charge in [0, 0.05) is 11.5 Å². The van der Waals surface area contributed by atoms with Crippen LogP contribution in [0.3, 0.4) is 0 Å². The van der Waals surface area contributed by atoms with Gasteiger partial charge in [-0.05, 0) is 42.4 Å². The molecule has 0 radical (unpaired) electrons.